The predicted molar refractivity (Wildman–Crippen MR) is 83.0 cm³/mol. The summed E-state index contributed by atoms with van der Waals surface area (Å²) in [6.07, 6.45) is 2.82. The fourth-order valence-electron chi connectivity index (χ4n) is 3.25. The van der Waals surface area contributed by atoms with Gasteiger partial charge in [0, 0.05) is 31.2 Å². The molecule has 2 heterocycles. The first kappa shape index (κ1) is 16.2. The van der Waals surface area contributed by atoms with Crippen LogP contribution in [0.1, 0.15) is 19.3 Å². The van der Waals surface area contributed by atoms with Gasteiger partial charge in [0.25, 0.3) is 5.69 Å². The van der Waals surface area contributed by atoms with E-state index in [1.165, 1.54) is 23.5 Å². The van der Waals surface area contributed by atoms with Crippen molar-refractivity contribution in [3.05, 3.63) is 28.3 Å². The summed E-state index contributed by atoms with van der Waals surface area (Å²) in [6.45, 7) is 0.857. The lowest BCUT2D eigenvalue weighted by atomic mass is 10.1. The maximum atomic E-state index is 12.9. The third-order valence-electron chi connectivity index (χ3n) is 4.46. The summed E-state index contributed by atoms with van der Waals surface area (Å²) >= 11 is 0. The van der Waals surface area contributed by atoms with E-state index in [0.29, 0.717) is 19.1 Å². The van der Waals surface area contributed by atoms with Crippen LogP contribution >= 0.6 is 0 Å². The summed E-state index contributed by atoms with van der Waals surface area (Å²) < 4.78 is 32.4. The van der Waals surface area contributed by atoms with Gasteiger partial charge >= 0.3 is 0 Å². The van der Waals surface area contributed by atoms with E-state index in [-0.39, 0.29) is 22.4 Å². The molecule has 0 amide bonds. The topological polar surface area (TPSA) is 102 Å². The first-order valence-corrected chi connectivity index (χ1v) is 8.94. The molecule has 2 bridgehead atoms. The van der Waals surface area contributed by atoms with Crippen LogP contribution in [-0.2, 0) is 10.0 Å². The molecule has 2 saturated heterocycles. The average Bonchev–Trinajstić information content (AvgIpc) is 2.84. The molecule has 0 saturated carbocycles. The van der Waals surface area contributed by atoms with Crippen LogP contribution in [0.3, 0.4) is 0 Å². The van der Waals surface area contributed by atoms with Gasteiger partial charge in [0.2, 0.25) is 10.0 Å². The second-order valence-electron chi connectivity index (χ2n) is 5.88. The third kappa shape index (κ3) is 3.04. The Balaban J connectivity index is 1.94. The van der Waals surface area contributed by atoms with Crippen molar-refractivity contribution in [1.29, 1.82) is 0 Å². The van der Waals surface area contributed by atoms with Crippen molar-refractivity contribution < 1.29 is 18.1 Å². The van der Waals surface area contributed by atoms with Crippen LogP contribution in [0.15, 0.2) is 23.1 Å². The molecule has 0 aliphatic carbocycles. The maximum absolute atomic E-state index is 12.9. The van der Waals surface area contributed by atoms with Gasteiger partial charge in [-0.25, -0.2) is 8.42 Å². The summed E-state index contributed by atoms with van der Waals surface area (Å²) in [4.78, 5) is 10.2. The fraction of sp³-hybridized carbons (Fsp3) is 0.571. The molecule has 2 atom stereocenters. The second-order valence-corrected chi connectivity index (χ2v) is 7.79. The number of nitrogens with one attached hydrogen (secondary N) is 1. The van der Waals surface area contributed by atoms with E-state index < -0.39 is 14.9 Å². The van der Waals surface area contributed by atoms with Crippen molar-refractivity contribution in [2.75, 3.05) is 20.2 Å². The Hall–Kier alpha value is -1.71. The zero-order valence-corrected chi connectivity index (χ0v) is 13.6. The van der Waals surface area contributed by atoms with Gasteiger partial charge < -0.3 is 10.1 Å². The number of rotatable bonds is 4. The van der Waals surface area contributed by atoms with Gasteiger partial charge in [-0.15, -0.1) is 0 Å². The van der Waals surface area contributed by atoms with E-state index in [4.69, 9.17) is 4.74 Å². The largest absolute Gasteiger partial charge is 0.495 e. The van der Waals surface area contributed by atoms with Gasteiger partial charge in [0.1, 0.15) is 10.6 Å². The monoisotopic (exact) mass is 341 g/mol. The minimum Gasteiger partial charge on any atom is -0.495 e. The molecule has 8 nitrogen and oxygen atoms in total. The lowest BCUT2D eigenvalue weighted by Crippen LogP contribution is -2.39. The molecular formula is C14H19N3O5S. The summed E-state index contributed by atoms with van der Waals surface area (Å²) in [5.74, 6) is 0.00145. The Morgan fingerprint density at radius 2 is 2.04 bits per heavy atom. The van der Waals surface area contributed by atoms with E-state index in [1.807, 2.05) is 0 Å². The van der Waals surface area contributed by atoms with E-state index in [1.54, 1.807) is 0 Å². The Morgan fingerprint density at radius 1 is 1.30 bits per heavy atom. The van der Waals surface area contributed by atoms with Crippen LogP contribution in [-0.4, -0.2) is 49.9 Å². The number of hydrogen-bond acceptors (Lipinski definition) is 6. The quantitative estimate of drug-likeness (QED) is 0.650. The normalized spacial score (nSPS) is 25.1. The third-order valence-corrected chi connectivity index (χ3v) is 6.37. The molecule has 2 unspecified atom stereocenters. The Bertz CT molecular complexity index is 721. The first-order chi connectivity index (χ1) is 10.9. The summed E-state index contributed by atoms with van der Waals surface area (Å²) in [5, 5.41) is 14.3. The molecule has 9 heteroatoms. The van der Waals surface area contributed by atoms with Crippen molar-refractivity contribution in [3.63, 3.8) is 0 Å². The predicted octanol–water partition coefficient (Wildman–Crippen LogP) is 1.12. The Morgan fingerprint density at radius 3 is 2.74 bits per heavy atom. The van der Waals surface area contributed by atoms with E-state index in [9.17, 15) is 18.5 Å². The van der Waals surface area contributed by atoms with Gasteiger partial charge in [-0.2, -0.15) is 4.31 Å². The van der Waals surface area contributed by atoms with E-state index >= 15 is 0 Å². The van der Waals surface area contributed by atoms with E-state index in [2.05, 4.69) is 5.32 Å². The first-order valence-electron chi connectivity index (χ1n) is 7.50. The molecule has 1 N–H and O–H groups in total. The van der Waals surface area contributed by atoms with Crippen LogP contribution in [0.2, 0.25) is 0 Å². The van der Waals surface area contributed by atoms with Crippen molar-refractivity contribution in [2.45, 2.75) is 36.2 Å². The number of fused-ring (bicyclic) bond motifs is 2. The molecule has 2 aliphatic rings. The van der Waals surface area contributed by atoms with Crippen LogP contribution in [0.4, 0.5) is 5.69 Å². The molecule has 23 heavy (non-hydrogen) atoms. The molecule has 126 valence electrons. The number of nitro benzene ring substituents is 1. The minimum absolute atomic E-state index is 0.00145. The maximum Gasteiger partial charge on any atom is 0.273 e. The van der Waals surface area contributed by atoms with Crippen LogP contribution < -0.4 is 10.1 Å². The highest BCUT2D eigenvalue weighted by molar-refractivity contribution is 7.89. The van der Waals surface area contributed by atoms with Crippen molar-refractivity contribution in [3.8, 4) is 5.75 Å². The van der Waals surface area contributed by atoms with Gasteiger partial charge in [-0.05, 0) is 25.3 Å². The van der Waals surface area contributed by atoms with Crippen LogP contribution in [0, 0.1) is 10.1 Å². The highest BCUT2D eigenvalue weighted by Gasteiger charge is 2.36. The number of ether oxygens (including phenoxy) is 1. The van der Waals surface area contributed by atoms with Crippen molar-refractivity contribution >= 4 is 15.7 Å². The van der Waals surface area contributed by atoms with Gasteiger partial charge in [-0.3, -0.25) is 10.1 Å². The molecule has 2 aliphatic heterocycles. The number of benzene rings is 1. The Labute approximate surface area is 134 Å². The number of nitro groups is 1. The standard InChI is InChI=1S/C14H19N3O5S/c1-22-13-8-12(17(18)19)4-5-14(13)23(20,21)16-7-6-10-2-3-11(9-16)15-10/h4-5,8,10-11,15H,2-3,6-7,9H2,1H3. The van der Waals surface area contributed by atoms with Gasteiger partial charge in [-0.1, -0.05) is 0 Å². The highest BCUT2D eigenvalue weighted by Crippen LogP contribution is 2.32. The Kier molecular flexibility index (Phi) is 4.26. The molecule has 1 aromatic rings. The molecule has 0 spiro atoms. The van der Waals surface area contributed by atoms with Gasteiger partial charge in [0.05, 0.1) is 18.1 Å². The summed E-state index contributed by atoms with van der Waals surface area (Å²) in [6, 6.07) is 4.13. The zero-order valence-electron chi connectivity index (χ0n) is 12.8. The van der Waals surface area contributed by atoms with Crippen LogP contribution in [0.25, 0.3) is 0 Å². The molecule has 2 fully saturated rings. The SMILES string of the molecule is COc1cc([N+](=O)[O-])ccc1S(=O)(=O)N1CCC2CCC(C1)N2. The molecule has 0 radical (unpaired) electrons. The van der Waals surface area contributed by atoms with Crippen molar-refractivity contribution in [1.82, 2.24) is 9.62 Å². The van der Waals surface area contributed by atoms with E-state index in [0.717, 1.165) is 25.3 Å². The number of methoxy groups -OCH3 is 1. The minimum atomic E-state index is -3.75. The second kappa shape index (κ2) is 6.06. The van der Waals surface area contributed by atoms with Gasteiger partial charge in [0.15, 0.2) is 0 Å². The molecule has 0 aromatic heterocycles. The molecule has 1 aromatic carbocycles. The zero-order chi connectivity index (χ0) is 16.6. The van der Waals surface area contributed by atoms with Crippen LogP contribution in [0.5, 0.6) is 5.75 Å². The molecular weight excluding hydrogens is 322 g/mol. The lowest BCUT2D eigenvalue weighted by Gasteiger charge is -2.24. The lowest BCUT2D eigenvalue weighted by molar-refractivity contribution is -0.385. The highest BCUT2D eigenvalue weighted by atomic mass is 32.2. The summed E-state index contributed by atoms with van der Waals surface area (Å²) in [5.41, 5.74) is -0.197. The average molecular weight is 341 g/mol. The number of nitrogens with zero attached hydrogens (tertiary/aromatic N) is 2. The van der Waals surface area contributed by atoms with Crippen molar-refractivity contribution in [2.24, 2.45) is 0 Å². The smallest absolute Gasteiger partial charge is 0.273 e. The molecule has 3 rings (SSSR count). The number of hydrogen-bond donors (Lipinski definition) is 1. The number of sulfonamides is 1. The number of non-ortho nitro benzene ring substituents is 1. The fourth-order valence-corrected chi connectivity index (χ4v) is 4.89. The summed E-state index contributed by atoms with van der Waals surface area (Å²) in [7, 11) is -2.44.